The summed E-state index contributed by atoms with van der Waals surface area (Å²) < 4.78 is 0. The van der Waals surface area contributed by atoms with Gasteiger partial charge in [-0.05, 0) is 47.1 Å². The minimum Gasteiger partial charge on any atom is -0.308 e. The molecule has 0 aromatic heterocycles. The Balaban J connectivity index is 3.17. The number of hydrogen-bond acceptors (Lipinski definition) is 1. The average molecular weight is 292 g/mol. The Morgan fingerprint density at radius 2 is 1.65 bits per heavy atom. The van der Waals surface area contributed by atoms with Crippen molar-refractivity contribution in [1.82, 2.24) is 4.98 Å². The Morgan fingerprint density at radius 3 is 1.94 bits per heavy atom. The summed E-state index contributed by atoms with van der Waals surface area (Å²) in [6.07, 6.45) is 2.22. The summed E-state index contributed by atoms with van der Waals surface area (Å²) in [4.78, 5) is 3.44. The van der Waals surface area contributed by atoms with Gasteiger partial charge in [0.05, 0.1) is 0 Å². The molecule has 4 heteroatoms. The van der Waals surface area contributed by atoms with Crippen LogP contribution in [0, 0.1) is 0 Å². The van der Waals surface area contributed by atoms with Crippen LogP contribution < -0.4 is 4.98 Å². The maximum absolute atomic E-state index is 6.71. The summed E-state index contributed by atoms with van der Waals surface area (Å²) in [5.41, 5.74) is 3.83. The lowest BCUT2D eigenvalue weighted by Crippen LogP contribution is -2.57. The molecule has 0 aromatic carbocycles. The highest BCUT2D eigenvalue weighted by Crippen LogP contribution is 2.55. The van der Waals surface area contributed by atoms with Crippen LogP contribution in [-0.2, 0) is 0 Å². The zero-order valence-electron chi connectivity index (χ0n) is 11.8. The van der Waals surface area contributed by atoms with Crippen molar-refractivity contribution in [1.29, 1.82) is 0 Å². The molecule has 0 aromatic rings. The molecule has 0 radical (unpaired) electrons. The third-order valence-electron chi connectivity index (χ3n) is 3.62. The first-order chi connectivity index (χ1) is 7.41. The van der Waals surface area contributed by atoms with Gasteiger partial charge in [0, 0.05) is 10.6 Å². The van der Waals surface area contributed by atoms with Crippen molar-refractivity contribution in [3.05, 3.63) is 22.8 Å². The molecule has 1 aliphatic carbocycles. The van der Waals surface area contributed by atoms with Crippen LogP contribution in [0.3, 0.4) is 0 Å². The van der Waals surface area contributed by atoms with E-state index in [9.17, 15) is 0 Å². The first kappa shape index (κ1) is 15.3. The van der Waals surface area contributed by atoms with Gasteiger partial charge >= 0.3 is 6.86 Å². The molecule has 1 N–H and O–H groups in total. The van der Waals surface area contributed by atoms with Gasteiger partial charge in [0.2, 0.25) is 0 Å². The lowest BCUT2D eigenvalue weighted by molar-refractivity contribution is 0.512. The van der Waals surface area contributed by atoms with E-state index < -0.39 is 6.86 Å². The fourth-order valence-electron chi connectivity index (χ4n) is 2.26. The zero-order valence-corrected chi connectivity index (χ0v) is 14.3. The van der Waals surface area contributed by atoms with E-state index in [1.54, 1.807) is 0 Å². The van der Waals surface area contributed by atoms with Gasteiger partial charge in [0.1, 0.15) is 0 Å². The fourth-order valence-corrected chi connectivity index (χ4v) is 7.40. The number of halogens is 2. The van der Waals surface area contributed by atoms with Gasteiger partial charge in [-0.15, -0.1) is 22.2 Å². The van der Waals surface area contributed by atoms with Gasteiger partial charge in [-0.3, -0.25) is 0 Å². The topological polar surface area (TPSA) is 12.0 Å². The van der Waals surface area contributed by atoms with Gasteiger partial charge in [-0.25, -0.2) is 0 Å². The number of rotatable bonds is 2. The summed E-state index contributed by atoms with van der Waals surface area (Å²) in [6, 6.07) is 0. The maximum Gasteiger partial charge on any atom is 0.336 e. The van der Waals surface area contributed by atoms with E-state index in [0.29, 0.717) is 0 Å². The Labute approximate surface area is 116 Å². The average Bonchev–Trinajstić information content (AvgIpc) is 2.27. The molecule has 0 aliphatic heterocycles. The Hall–Kier alpha value is 0.237. The molecule has 1 aliphatic rings. The molecule has 98 valence electrons. The lowest BCUT2D eigenvalue weighted by atomic mass is 10.0. The zero-order chi connectivity index (χ0) is 13.6. The second-order valence-electron chi connectivity index (χ2n) is 6.23. The summed E-state index contributed by atoms with van der Waals surface area (Å²) in [6.45, 7) is 12.2. The maximum atomic E-state index is 6.71. The predicted octanol–water partition coefficient (Wildman–Crippen LogP) is 4.85. The summed E-state index contributed by atoms with van der Waals surface area (Å²) in [7, 11) is 0. The Morgan fingerprint density at radius 1 is 1.18 bits per heavy atom. The van der Waals surface area contributed by atoms with Crippen molar-refractivity contribution >= 4 is 29.0 Å². The standard InChI is InChI=1S/C13H23Cl2NSi/c1-9-8-13(7,11(3)10(9)2)17(14,15)16-12(4,5)6/h8,16H,1-7H3. The molecular weight excluding hydrogens is 269 g/mol. The SMILES string of the molecule is CC1=CC(C)([Si](Cl)(Cl)NC(C)(C)C)C(C)=C1C. The van der Waals surface area contributed by atoms with E-state index in [4.69, 9.17) is 22.2 Å². The number of hydrogen-bond donors (Lipinski definition) is 1. The van der Waals surface area contributed by atoms with E-state index in [-0.39, 0.29) is 10.6 Å². The van der Waals surface area contributed by atoms with Crippen molar-refractivity contribution in [2.75, 3.05) is 0 Å². The molecule has 0 bridgehead atoms. The minimum atomic E-state index is -2.62. The van der Waals surface area contributed by atoms with Crippen LogP contribution in [0.15, 0.2) is 22.8 Å². The highest BCUT2D eigenvalue weighted by Gasteiger charge is 2.53. The van der Waals surface area contributed by atoms with Crippen molar-refractivity contribution < 1.29 is 0 Å². The molecule has 0 saturated heterocycles. The van der Waals surface area contributed by atoms with Crippen LogP contribution in [0.4, 0.5) is 0 Å². The third kappa shape index (κ3) is 2.81. The molecule has 0 spiro atoms. The first-order valence-corrected chi connectivity index (χ1v) is 9.98. The summed E-state index contributed by atoms with van der Waals surface area (Å²) in [5.74, 6) is 0. The number of allylic oxidation sites excluding steroid dienone is 4. The van der Waals surface area contributed by atoms with Gasteiger partial charge in [-0.1, -0.05) is 24.1 Å². The van der Waals surface area contributed by atoms with Crippen LogP contribution in [0.2, 0.25) is 5.04 Å². The second kappa shape index (κ2) is 4.41. The van der Waals surface area contributed by atoms with Gasteiger partial charge in [0.15, 0.2) is 0 Å². The number of nitrogens with one attached hydrogen (secondary N) is 1. The molecular formula is C13H23Cl2NSi. The van der Waals surface area contributed by atoms with Crippen LogP contribution in [0.25, 0.3) is 0 Å². The van der Waals surface area contributed by atoms with Crippen molar-refractivity contribution in [2.45, 2.75) is 59.0 Å². The molecule has 0 amide bonds. The second-order valence-corrected chi connectivity index (χ2v) is 12.6. The van der Waals surface area contributed by atoms with Crippen LogP contribution in [0.5, 0.6) is 0 Å². The van der Waals surface area contributed by atoms with Crippen LogP contribution in [0.1, 0.15) is 48.5 Å². The third-order valence-corrected chi connectivity index (χ3v) is 9.43. The van der Waals surface area contributed by atoms with Crippen LogP contribution in [-0.4, -0.2) is 12.4 Å². The summed E-state index contributed by atoms with van der Waals surface area (Å²) >= 11 is 13.4. The summed E-state index contributed by atoms with van der Waals surface area (Å²) in [5, 5.41) is -0.225. The Bertz CT molecular complexity index is 391. The van der Waals surface area contributed by atoms with E-state index >= 15 is 0 Å². The van der Waals surface area contributed by atoms with Crippen molar-refractivity contribution in [3.8, 4) is 0 Å². The molecule has 0 saturated carbocycles. The molecule has 1 nitrogen and oxygen atoms in total. The smallest absolute Gasteiger partial charge is 0.308 e. The molecule has 0 fully saturated rings. The van der Waals surface area contributed by atoms with E-state index in [0.717, 1.165) is 0 Å². The predicted molar refractivity (Wildman–Crippen MR) is 80.8 cm³/mol. The van der Waals surface area contributed by atoms with Crippen molar-refractivity contribution in [2.24, 2.45) is 0 Å². The van der Waals surface area contributed by atoms with Gasteiger partial charge in [0.25, 0.3) is 0 Å². The fraction of sp³-hybridized carbons (Fsp3) is 0.692. The van der Waals surface area contributed by atoms with E-state index in [1.165, 1.54) is 16.7 Å². The monoisotopic (exact) mass is 291 g/mol. The lowest BCUT2D eigenvalue weighted by Gasteiger charge is -2.40. The van der Waals surface area contributed by atoms with E-state index in [2.05, 4.69) is 59.5 Å². The first-order valence-electron chi connectivity index (χ1n) is 5.96. The molecule has 17 heavy (non-hydrogen) atoms. The largest absolute Gasteiger partial charge is 0.336 e. The molecule has 1 unspecified atom stereocenters. The highest BCUT2D eigenvalue weighted by atomic mass is 35.7. The Kier molecular flexibility index (Phi) is 3.97. The van der Waals surface area contributed by atoms with Gasteiger partial charge in [-0.2, -0.15) is 0 Å². The molecule has 1 atom stereocenters. The van der Waals surface area contributed by atoms with Crippen molar-refractivity contribution in [3.63, 3.8) is 0 Å². The van der Waals surface area contributed by atoms with E-state index in [1.807, 2.05) is 0 Å². The molecule has 1 rings (SSSR count). The van der Waals surface area contributed by atoms with Gasteiger partial charge < -0.3 is 4.98 Å². The van der Waals surface area contributed by atoms with Crippen LogP contribution >= 0.6 is 22.2 Å². The quantitative estimate of drug-likeness (QED) is 0.567. The normalized spacial score (nSPS) is 26.5. The molecule has 0 heterocycles. The minimum absolute atomic E-state index is 0.0722. The highest BCUT2D eigenvalue weighted by molar-refractivity contribution is 7.45.